The van der Waals surface area contributed by atoms with Gasteiger partial charge in [0.15, 0.2) is 0 Å². The molecule has 3 rings (SSSR count). The Bertz CT molecular complexity index is 382. The van der Waals surface area contributed by atoms with Crippen LogP contribution >= 0.6 is 15.9 Å². The van der Waals surface area contributed by atoms with Crippen molar-refractivity contribution < 1.29 is 0 Å². The van der Waals surface area contributed by atoms with Crippen molar-refractivity contribution in [2.24, 2.45) is 0 Å². The van der Waals surface area contributed by atoms with Gasteiger partial charge in [-0.1, -0.05) is 28.4 Å². The third kappa shape index (κ3) is 1.55. The molecule has 1 aliphatic heterocycles. The lowest BCUT2D eigenvalue weighted by atomic mass is 9.63. The fourth-order valence-electron chi connectivity index (χ4n) is 2.96. The van der Waals surface area contributed by atoms with Gasteiger partial charge in [0.05, 0.1) is 0 Å². The maximum absolute atomic E-state index is 3.60. The Hall–Kier alpha value is -0.340. The van der Waals surface area contributed by atoms with Gasteiger partial charge in [-0.2, -0.15) is 0 Å². The average Bonchev–Trinajstić information content (AvgIpc) is 2.35. The molecule has 1 fully saturated rings. The summed E-state index contributed by atoms with van der Waals surface area (Å²) in [6, 6.07) is 6.82. The summed E-state index contributed by atoms with van der Waals surface area (Å²) in [6.07, 6.45) is 5.31. The topological polar surface area (TPSA) is 12.0 Å². The summed E-state index contributed by atoms with van der Waals surface area (Å²) >= 11 is 3.60. The van der Waals surface area contributed by atoms with Gasteiger partial charge in [-0.3, -0.25) is 0 Å². The van der Waals surface area contributed by atoms with Gasteiger partial charge in [-0.25, -0.2) is 0 Å². The zero-order valence-corrected chi connectivity index (χ0v) is 10.4. The molecule has 0 aromatic heterocycles. The standard InChI is InChI=1S/C13H16BrN/c14-11-3-2-10-4-7-15-9-13(5-1-6-13)12(10)8-11/h2-3,8,15H,1,4-7,9H2. The highest BCUT2D eigenvalue weighted by Crippen LogP contribution is 2.46. The lowest BCUT2D eigenvalue weighted by Gasteiger charge is -2.42. The van der Waals surface area contributed by atoms with Crippen LogP contribution in [0.15, 0.2) is 22.7 Å². The summed E-state index contributed by atoms with van der Waals surface area (Å²) in [5.41, 5.74) is 3.63. The largest absolute Gasteiger partial charge is 0.316 e. The Labute approximate surface area is 99.4 Å². The van der Waals surface area contributed by atoms with Gasteiger partial charge in [0.1, 0.15) is 0 Å². The zero-order chi connectivity index (χ0) is 10.3. The summed E-state index contributed by atoms with van der Waals surface area (Å²) in [7, 11) is 0. The quantitative estimate of drug-likeness (QED) is 0.761. The number of rotatable bonds is 0. The molecule has 80 valence electrons. The molecule has 1 heterocycles. The predicted molar refractivity (Wildman–Crippen MR) is 66.2 cm³/mol. The van der Waals surface area contributed by atoms with E-state index in [0.717, 1.165) is 6.54 Å². The van der Waals surface area contributed by atoms with Crippen molar-refractivity contribution in [1.82, 2.24) is 5.32 Å². The minimum atomic E-state index is 0.468. The van der Waals surface area contributed by atoms with Gasteiger partial charge in [-0.05, 0) is 49.1 Å². The first-order chi connectivity index (χ1) is 7.30. The molecule has 0 saturated heterocycles. The van der Waals surface area contributed by atoms with E-state index in [-0.39, 0.29) is 0 Å². The van der Waals surface area contributed by atoms with Gasteiger partial charge in [-0.15, -0.1) is 0 Å². The second-order valence-corrected chi connectivity index (χ2v) is 5.78. The van der Waals surface area contributed by atoms with E-state index >= 15 is 0 Å². The van der Waals surface area contributed by atoms with Crippen LogP contribution in [0.3, 0.4) is 0 Å². The van der Waals surface area contributed by atoms with Crippen LogP contribution in [0.1, 0.15) is 30.4 Å². The van der Waals surface area contributed by atoms with Crippen LogP contribution in [-0.2, 0) is 11.8 Å². The third-order valence-corrected chi connectivity index (χ3v) is 4.48. The normalized spacial score (nSPS) is 23.0. The van der Waals surface area contributed by atoms with Crippen molar-refractivity contribution in [2.75, 3.05) is 13.1 Å². The van der Waals surface area contributed by atoms with E-state index in [0.29, 0.717) is 5.41 Å². The van der Waals surface area contributed by atoms with E-state index in [1.165, 1.54) is 36.7 Å². The van der Waals surface area contributed by atoms with Gasteiger partial charge in [0, 0.05) is 16.4 Å². The number of hydrogen-bond donors (Lipinski definition) is 1. The first-order valence-electron chi connectivity index (χ1n) is 5.80. The fourth-order valence-corrected chi connectivity index (χ4v) is 3.32. The molecule has 1 N–H and O–H groups in total. The molecule has 0 radical (unpaired) electrons. The molecule has 2 heteroatoms. The van der Waals surface area contributed by atoms with Crippen molar-refractivity contribution in [1.29, 1.82) is 0 Å². The molecule has 1 saturated carbocycles. The van der Waals surface area contributed by atoms with Crippen molar-refractivity contribution >= 4 is 15.9 Å². The number of benzene rings is 1. The summed E-state index contributed by atoms with van der Waals surface area (Å²) in [6.45, 7) is 2.31. The highest BCUT2D eigenvalue weighted by molar-refractivity contribution is 9.10. The van der Waals surface area contributed by atoms with Crippen molar-refractivity contribution in [3.05, 3.63) is 33.8 Å². The highest BCUT2D eigenvalue weighted by Gasteiger charge is 2.40. The van der Waals surface area contributed by atoms with Crippen molar-refractivity contribution in [3.8, 4) is 0 Å². The van der Waals surface area contributed by atoms with Crippen LogP contribution in [0.2, 0.25) is 0 Å². The lowest BCUT2D eigenvalue weighted by Crippen LogP contribution is -2.42. The van der Waals surface area contributed by atoms with Gasteiger partial charge < -0.3 is 5.32 Å². The maximum atomic E-state index is 3.60. The molecule has 1 aromatic rings. The molecule has 1 nitrogen and oxygen atoms in total. The van der Waals surface area contributed by atoms with E-state index in [1.54, 1.807) is 11.1 Å². The molecule has 0 unspecified atom stereocenters. The molecule has 15 heavy (non-hydrogen) atoms. The van der Waals surface area contributed by atoms with Gasteiger partial charge in [0.2, 0.25) is 0 Å². The third-order valence-electron chi connectivity index (χ3n) is 3.99. The number of nitrogens with one attached hydrogen (secondary N) is 1. The molecule has 0 atom stereocenters. The molecule has 1 aromatic carbocycles. The SMILES string of the molecule is Brc1ccc2c(c1)C1(CCC1)CNCC2. The van der Waals surface area contributed by atoms with E-state index < -0.39 is 0 Å². The zero-order valence-electron chi connectivity index (χ0n) is 8.85. The first-order valence-corrected chi connectivity index (χ1v) is 6.59. The second-order valence-electron chi connectivity index (χ2n) is 4.86. The minimum absolute atomic E-state index is 0.468. The Morgan fingerprint density at radius 1 is 1.27 bits per heavy atom. The summed E-state index contributed by atoms with van der Waals surface area (Å²) < 4.78 is 1.23. The monoisotopic (exact) mass is 265 g/mol. The van der Waals surface area contributed by atoms with Crippen LogP contribution in [0.5, 0.6) is 0 Å². The molecule has 0 amide bonds. The molecular weight excluding hydrogens is 250 g/mol. The first kappa shape index (κ1) is 9.86. The molecule has 1 aliphatic carbocycles. The Balaban J connectivity index is 2.11. The Morgan fingerprint density at radius 3 is 2.87 bits per heavy atom. The van der Waals surface area contributed by atoms with Crippen molar-refractivity contribution in [2.45, 2.75) is 31.1 Å². The summed E-state index contributed by atoms with van der Waals surface area (Å²) in [4.78, 5) is 0. The summed E-state index contributed by atoms with van der Waals surface area (Å²) in [5, 5.41) is 3.59. The van der Waals surface area contributed by atoms with E-state index in [4.69, 9.17) is 0 Å². The number of halogens is 1. The lowest BCUT2D eigenvalue weighted by molar-refractivity contribution is 0.239. The van der Waals surface area contributed by atoms with Crippen molar-refractivity contribution in [3.63, 3.8) is 0 Å². The molecule has 0 bridgehead atoms. The van der Waals surface area contributed by atoms with E-state index in [2.05, 4.69) is 39.4 Å². The number of fused-ring (bicyclic) bond motifs is 2. The van der Waals surface area contributed by atoms with Crippen LogP contribution in [0.4, 0.5) is 0 Å². The second kappa shape index (κ2) is 3.60. The minimum Gasteiger partial charge on any atom is -0.316 e. The van der Waals surface area contributed by atoms with Gasteiger partial charge >= 0.3 is 0 Å². The van der Waals surface area contributed by atoms with Gasteiger partial charge in [0.25, 0.3) is 0 Å². The maximum Gasteiger partial charge on any atom is 0.0178 e. The average molecular weight is 266 g/mol. The molecule has 2 aliphatic rings. The Kier molecular flexibility index (Phi) is 2.37. The van der Waals surface area contributed by atoms with Crippen LogP contribution in [0, 0.1) is 0 Å². The Morgan fingerprint density at radius 2 is 2.13 bits per heavy atom. The smallest absolute Gasteiger partial charge is 0.0178 e. The highest BCUT2D eigenvalue weighted by atomic mass is 79.9. The van der Waals surface area contributed by atoms with Crippen LogP contribution in [-0.4, -0.2) is 13.1 Å². The van der Waals surface area contributed by atoms with E-state index in [1.807, 2.05) is 0 Å². The summed E-state index contributed by atoms with van der Waals surface area (Å²) in [5.74, 6) is 0. The van der Waals surface area contributed by atoms with E-state index in [9.17, 15) is 0 Å². The number of hydrogen-bond acceptors (Lipinski definition) is 1. The molecule has 1 spiro atoms. The van der Waals surface area contributed by atoms with Crippen LogP contribution < -0.4 is 5.32 Å². The predicted octanol–water partition coefficient (Wildman–Crippen LogP) is 3.02. The van der Waals surface area contributed by atoms with Crippen LogP contribution in [0.25, 0.3) is 0 Å². The molecular formula is C13H16BrN. The fraction of sp³-hybridized carbons (Fsp3) is 0.538.